The zero-order valence-corrected chi connectivity index (χ0v) is 14.0. The lowest BCUT2D eigenvalue weighted by molar-refractivity contribution is 0.0815. The Morgan fingerprint density at radius 1 is 1.30 bits per heavy atom. The second-order valence-electron chi connectivity index (χ2n) is 4.98. The summed E-state index contributed by atoms with van der Waals surface area (Å²) in [5, 5.41) is 0. The normalized spacial score (nSPS) is 11.5. The van der Waals surface area contributed by atoms with Gasteiger partial charge in [-0.25, -0.2) is 0 Å². The van der Waals surface area contributed by atoms with E-state index in [9.17, 15) is 4.79 Å². The van der Waals surface area contributed by atoms with Crippen molar-refractivity contribution in [3.63, 3.8) is 0 Å². The summed E-state index contributed by atoms with van der Waals surface area (Å²) in [6, 6.07) is 4.49. The van der Waals surface area contributed by atoms with Crippen molar-refractivity contribution in [1.82, 2.24) is 4.90 Å². The van der Waals surface area contributed by atoms with Gasteiger partial charge in [0.15, 0.2) is 5.78 Å². The van der Waals surface area contributed by atoms with Gasteiger partial charge in [-0.2, -0.15) is 0 Å². The molecular formula is C16H27NO2S. The molecule has 0 N–H and O–H groups in total. The fourth-order valence-corrected chi connectivity index (χ4v) is 3.26. The Hall–Kier alpha value is -0.710. The number of Topliss-reactive ketones (excluding diaryl/α,β-unsaturated/α-hetero) is 1. The lowest BCUT2D eigenvalue weighted by atomic mass is 10.1. The zero-order chi connectivity index (χ0) is 15.0. The van der Waals surface area contributed by atoms with Crippen molar-refractivity contribution in [2.75, 3.05) is 26.8 Å². The van der Waals surface area contributed by atoms with Gasteiger partial charge in [-0.15, -0.1) is 11.3 Å². The first-order valence-corrected chi connectivity index (χ1v) is 8.32. The molecule has 0 aliphatic carbocycles. The molecule has 1 aromatic heterocycles. The largest absolute Gasteiger partial charge is 0.383 e. The summed E-state index contributed by atoms with van der Waals surface area (Å²) < 4.78 is 5.17. The van der Waals surface area contributed by atoms with Crippen molar-refractivity contribution in [3.8, 4) is 0 Å². The van der Waals surface area contributed by atoms with Crippen LogP contribution in [0.2, 0.25) is 0 Å². The fourth-order valence-electron chi connectivity index (χ4n) is 2.38. The lowest BCUT2D eigenvalue weighted by Crippen LogP contribution is -2.40. The molecule has 0 unspecified atom stereocenters. The number of ketones is 1. The Morgan fingerprint density at radius 3 is 2.50 bits per heavy atom. The molecule has 0 amide bonds. The van der Waals surface area contributed by atoms with Crippen molar-refractivity contribution < 1.29 is 9.53 Å². The lowest BCUT2D eigenvalue weighted by Gasteiger charge is -2.29. The van der Waals surface area contributed by atoms with Crippen LogP contribution < -0.4 is 0 Å². The Labute approximate surface area is 126 Å². The quantitative estimate of drug-likeness (QED) is 0.618. The summed E-state index contributed by atoms with van der Waals surface area (Å²) in [4.78, 5) is 16.8. The van der Waals surface area contributed by atoms with Crippen LogP contribution in [0.4, 0.5) is 0 Å². The Morgan fingerprint density at radius 2 is 2.00 bits per heavy atom. The Kier molecular flexibility index (Phi) is 8.04. The second-order valence-corrected chi connectivity index (χ2v) is 6.14. The van der Waals surface area contributed by atoms with E-state index in [1.807, 2.05) is 6.07 Å². The molecule has 0 aliphatic rings. The zero-order valence-electron chi connectivity index (χ0n) is 13.1. The molecule has 4 heteroatoms. The average molecular weight is 297 g/mol. The van der Waals surface area contributed by atoms with Crippen LogP contribution >= 0.6 is 11.3 Å². The number of rotatable bonds is 10. The van der Waals surface area contributed by atoms with Crippen LogP contribution in [0, 0.1) is 0 Å². The smallest absolute Gasteiger partial charge is 0.186 e. The summed E-state index contributed by atoms with van der Waals surface area (Å²) >= 11 is 1.63. The number of thiophene rings is 1. The van der Waals surface area contributed by atoms with Crippen molar-refractivity contribution in [3.05, 3.63) is 21.9 Å². The van der Waals surface area contributed by atoms with Gasteiger partial charge in [0.05, 0.1) is 18.0 Å². The van der Waals surface area contributed by atoms with Crippen molar-refractivity contribution >= 4 is 17.1 Å². The third-order valence-electron chi connectivity index (χ3n) is 3.67. The van der Waals surface area contributed by atoms with E-state index < -0.39 is 0 Å². The van der Waals surface area contributed by atoms with Crippen LogP contribution in [-0.4, -0.2) is 43.5 Å². The predicted molar refractivity (Wildman–Crippen MR) is 85.8 cm³/mol. The molecule has 0 fully saturated rings. The molecule has 0 atom stereocenters. The molecule has 114 valence electrons. The first kappa shape index (κ1) is 17.3. The van der Waals surface area contributed by atoms with Crippen LogP contribution in [0.3, 0.4) is 0 Å². The SMILES string of the molecule is CCc1ccc(C(=O)CN(CCOC)C(CC)CC)s1. The summed E-state index contributed by atoms with van der Waals surface area (Å²) in [6.45, 7) is 8.47. The third-order valence-corrected chi connectivity index (χ3v) is 4.94. The molecule has 0 spiro atoms. The number of ether oxygens (including phenoxy) is 1. The maximum absolute atomic E-state index is 12.4. The topological polar surface area (TPSA) is 29.5 Å². The highest BCUT2D eigenvalue weighted by Crippen LogP contribution is 2.19. The van der Waals surface area contributed by atoms with Gasteiger partial charge >= 0.3 is 0 Å². The molecule has 1 rings (SSSR count). The molecule has 3 nitrogen and oxygen atoms in total. The number of carbonyl (C=O) groups is 1. The molecule has 0 aromatic carbocycles. The maximum Gasteiger partial charge on any atom is 0.186 e. The summed E-state index contributed by atoms with van der Waals surface area (Å²) in [5.74, 6) is 0.234. The number of carbonyl (C=O) groups excluding carboxylic acids is 1. The van der Waals surface area contributed by atoms with E-state index in [2.05, 4.69) is 31.7 Å². The van der Waals surface area contributed by atoms with Crippen LogP contribution in [0.1, 0.15) is 48.2 Å². The highest BCUT2D eigenvalue weighted by molar-refractivity contribution is 7.14. The monoisotopic (exact) mass is 297 g/mol. The third kappa shape index (κ3) is 5.00. The van der Waals surface area contributed by atoms with Crippen molar-refractivity contribution in [1.29, 1.82) is 0 Å². The standard InChI is InChI=1S/C16H27NO2S/c1-5-13(6-2)17(10-11-19-4)12-15(18)16-9-8-14(7-3)20-16/h8-9,13H,5-7,10-12H2,1-4H3. The van der Waals surface area contributed by atoms with Crippen LogP contribution in [-0.2, 0) is 11.2 Å². The molecule has 0 bridgehead atoms. The maximum atomic E-state index is 12.4. The number of nitrogens with zero attached hydrogens (tertiary/aromatic N) is 1. The minimum Gasteiger partial charge on any atom is -0.383 e. The highest BCUT2D eigenvalue weighted by atomic mass is 32.1. The van der Waals surface area contributed by atoms with Gasteiger partial charge in [-0.3, -0.25) is 9.69 Å². The van der Waals surface area contributed by atoms with Crippen LogP contribution in [0.15, 0.2) is 12.1 Å². The van der Waals surface area contributed by atoms with Crippen LogP contribution in [0.25, 0.3) is 0 Å². The number of aryl methyl sites for hydroxylation is 1. The number of methoxy groups -OCH3 is 1. The Bertz CT molecular complexity index is 399. The van der Waals surface area contributed by atoms with Gasteiger partial charge in [-0.1, -0.05) is 20.8 Å². The van der Waals surface area contributed by atoms with Gasteiger partial charge < -0.3 is 4.74 Å². The van der Waals surface area contributed by atoms with Crippen LogP contribution in [0.5, 0.6) is 0 Å². The van der Waals surface area contributed by atoms with E-state index >= 15 is 0 Å². The molecule has 0 aliphatic heterocycles. The van der Waals surface area contributed by atoms with Gasteiger partial charge in [0.1, 0.15) is 0 Å². The van der Waals surface area contributed by atoms with E-state index in [0.29, 0.717) is 19.2 Å². The molecule has 0 radical (unpaired) electrons. The molecule has 1 aromatic rings. The minimum atomic E-state index is 0.234. The van der Waals surface area contributed by atoms with Gasteiger partial charge in [-0.05, 0) is 31.4 Å². The van der Waals surface area contributed by atoms with E-state index in [0.717, 1.165) is 30.7 Å². The number of hydrogen-bond acceptors (Lipinski definition) is 4. The first-order chi connectivity index (χ1) is 9.65. The fraction of sp³-hybridized carbons (Fsp3) is 0.688. The van der Waals surface area contributed by atoms with E-state index in [-0.39, 0.29) is 5.78 Å². The first-order valence-electron chi connectivity index (χ1n) is 7.51. The summed E-state index contributed by atoms with van der Waals surface area (Å²) in [7, 11) is 1.71. The second kappa shape index (κ2) is 9.27. The molecule has 0 saturated heterocycles. The molecular weight excluding hydrogens is 270 g/mol. The van der Waals surface area contributed by atoms with Crippen molar-refractivity contribution in [2.45, 2.75) is 46.1 Å². The van der Waals surface area contributed by atoms with Crippen molar-refractivity contribution in [2.24, 2.45) is 0 Å². The van der Waals surface area contributed by atoms with E-state index in [1.165, 1.54) is 4.88 Å². The number of hydrogen-bond donors (Lipinski definition) is 0. The van der Waals surface area contributed by atoms with Gasteiger partial charge in [0, 0.05) is 24.6 Å². The average Bonchev–Trinajstić information content (AvgIpc) is 2.94. The predicted octanol–water partition coefficient (Wildman–Crippen LogP) is 3.63. The summed E-state index contributed by atoms with van der Waals surface area (Å²) in [5.41, 5.74) is 0. The summed E-state index contributed by atoms with van der Waals surface area (Å²) in [6.07, 6.45) is 3.13. The van der Waals surface area contributed by atoms with Gasteiger partial charge in [0.2, 0.25) is 0 Å². The van der Waals surface area contributed by atoms with E-state index in [1.54, 1.807) is 18.4 Å². The highest BCUT2D eigenvalue weighted by Gasteiger charge is 2.19. The Balaban J connectivity index is 2.69. The molecule has 20 heavy (non-hydrogen) atoms. The van der Waals surface area contributed by atoms with Gasteiger partial charge in [0.25, 0.3) is 0 Å². The van der Waals surface area contributed by atoms with E-state index in [4.69, 9.17) is 4.74 Å². The molecule has 1 heterocycles. The minimum absolute atomic E-state index is 0.234. The molecule has 0 saturated carbocycles.